The van der Waals surface area contributed by atoms with E-state index in [1.807, 2.05) is 25.7 Å². The Hall–Kier alpha value is -0.900. The molecule has 0 unspecified atom stereocenters. The summed E-state index contributed by atoms with van der Waals surface area (Å²) in [4.78, 5) is 14.3. The molecule has 0 bridgehead atoms. The Morgan fingerprint density at radius 3 is 2.30 bits per heavy atom. The lowest BCUT2D eigenvalue weighted by molar-refractivity contribution is -0.117. The lowest BCUT2D eigenvalue weighted by Gasteiger charge is -2.36. The van der Waals surface area contributed by atoms with E-state index in [0.29, 0.717) is 55.0 Å². The van der Waals surface area contributed by atoms with E-state index in [1.165, 1.54) is 8.61 Å². The third kappa shape index (κ3) is 5.34. The first-order chi connectivity index (χ1) is 12.7. The predicted octanol–water partition coefficient (Wildman–Crippen LogP) is 2.44. The van der Waals surface area contributed by atoms with Crippen molar-refractivity contribution in [1.29, 1.82) is 0 Å². The Bertz CT molecular complexity index is 777. The summed E-state index contributed by atoms with van der Waals surface area (Å²) in [6.07, 6.45) is 0. The lowest BCUT2D eigenvalue weighted by Crippen LogP contribution is -2.54. The topological polar surface area (TPSA) is 73.0 Å². The predicted molar refractivity (Wildman–Crippen MR) is 110 cm³/mol. The maximum Gasteiger partial charge on any atom is 0.282 e. The van der Waals surface area contributed by atoms with Crippen LogP contribution in [0, 0.1) is 6.92 Å². The van der Waals surface area contributed by atoms with Crippen molar-refractivity contribution in [1.82, 2.24) is 13.5 Å². The Morgan fingerprint density at radius 1 is 1.15 bits per heavy atom. The Kier molecular flexibility index (Phi) is 7.91. The SMILES string of the molecule is CCN(CC)S(=O)(=O)N1CCN(CC(=O)Nc2c(Cl)ccc(C)c2Cl)CC1. The molecule has 7 nitrogen and oxygen atoms in total. The van der Waals surface area contributed by atoms with Gasteiger partial charge in [0, 0.05) is 39.3 Å². The minimum absolute atomic E-state index is 0.153. The van der Waals surface area contributed by atoms with Crippen molar-refractivity contribution in [2.45, 2.75) is 20.8 Å². The number of amides is 1. The van der Waals surface area contributed by atoms with Gasteiger partial charge >= 0.3 is 0 Å². The van der Waals surface area contributed by atoms with Gasteiger partial charge in [-0.3, -0.25) is 9.69 Å². The van der Waals surface area contributed by atoms with Crippen LogP contribution >= 0.6 is 23.2 Å². The summed E-state index contributed by atoms with van der Waals surface area (Å²) in [7, 11) is -3.44. The van der Waals surface area contributed by atoms with Crippen LogP contribution in [0.4, 0.5) is 5.69 Å². The van der Waals surface area contributed by atoms with E-state index in [2.05, 4.69) is 5.32 Å². The van der Waals surface area contributed by atoms with Crippen molar-refractivity contribution >= 4 is 45.0 Å². The van der Waals surface area contributed by atoms with Gasteiger partial charge in [0.2, 0.25) is 5.91 Å². The number of benzene rings is 1. The van der Waals surface area contributed by atoms with Gasteiger partial charge in [0.1, 0.15) is 0 Å². The minimum atomic E-state index is -3.44. The number of halogens is 2. The average Bonchev–Trinajstić information content (AvgIpc) is 2.63. The molecule has 2 rings (SSSR count). The zero-order valence-electron chi connectivity index (χ0n) is 15.8. The Balaban J connectivity index is 1.93. The van der Waals surface area contributed by atoms with Crippen LogP contribution in [0.3, 0.4) is 0 Å². The van der Waals surface area contributed by atoms with Crippen LogP contribution in [0.1, 0.15) is 19.4 Å². The molecule has 0 atom stereocenters. The number of nitrogens with one attached hydrogen (secondary N) is 1. The highest BCUT2D eigenvalue weighted by atomic mass is 35.5. The number of hydrogen-bond acceptors (Lipinski definition) is 4. The highest BCUT2D eigenvalue weighted by Crippen LogP contribution is 2.32. The standard InChI is InChI=1S/C17H26Cl2N4O3S/c1-4-22(5-2)27(25,26)23-10-8-21(9-11-23)12-15(24)20-17-14(18)7-6-13(3)16(17)19/h6-7H,4-5,8-12H2,1-3H3,(H,20,24). The zero-order chi connectivity index (χ0) is 20.2. The van der Waals surface area contributed by atoms with Gasteiger partial charge in [0.25, 0.3) is 10.2 Å². The number of carbonyl (C=O) groups is 1. The summed E-state index contributed by atoms with van der Waals surface area (Å²) >= 11 is 12.3. The van der Waals surface area contributed by atoms with Gasteiger partial charge in [-0.15, -0.1) is 0 Å². The molecule has 1 aromatic carbocycles. The second-order valence-electron chi connectivity index (χ2n) is 6.37. The van der Waals surface area contributed by atoms with Gasteiger partial charge < -0.3 is 5.32 Å². The summed E-state index contributed by atoms with van der Waals surface area (Å²) < 4.78 is 28.0. The average molecular weight is 437 g/mol. The molecule has 1 fully saturated rings. The number of hydrogen-bond donors (Lipinski definition) is 1. The molecule has 0 radical (unpaired) electrons. The third-order valence-electron chi connectivity index (χ3n) is 4.61. The molecule has 1 aliphatic heterocycles. The summed E-state index contributed by atoms with van der Waals surface area (Å²) in [6, 6.07) is 3.48. The second-order valence-corrected chi connectivity index (χ2v) is 9.08. The number of anilines is 1. The van der Waals surface area contributed by atoms with E-state index < -0.39 is 10.2 Å². The smallest absolute Gasteiger partial charge is 0.282 e. The molecule has 1 saturated heterocycles. The first kappa shape index (κ1) is 22.4. The molecule has 1 N–H and O–H groups in total. The molecule has 1 amide bonds. The Labute approximate surface area is 171 Å². The van der Waals surface area contributed by atoms with Crippen LogP contribution in [-0.4, -0.2) is 73.6 Å². The van der Waals surface area contributed by atoms with E-state index in [-0.39, 0.29) is 12.5 Å². The second kappa shape index (κ2) is 9.54. The van der Waals surface area contributed by atoms with Crippen LogP contribution in [0.5, 0.6) is 0 Å². The van der Waals surface area contributed by atoms with Crippen molar-refractivity contribution in [2.75, 3.05) is 51.1 Å². The molecule has 1 aliphatic rings. The number of rotatable bonds is 7. The van der Waals surface area contributed by atoms with Crippen LogP contribution in [0.2, 0.25) is 10.0 Å². The van der Waals surface area contributed by atoms with Crippen LogP contribution in [-0.2, 0) is 15.0 Å². The van der Waals surface area contributed by atoms with Gasteiger partial charge in [-0.1, -0.05) is 43.1 Å². The molecule has 152 valence electrons. The first-order valence-corrected chi connectivity index (χ1v) is 11.1. The molecule has 1 heterocycles. The first-order valence-electron chi connectivity index (χ1n) is 8.92. The van der Waals surface area contributed by atoms with E-state index in [9.17, 15) is 13.2 Å². The fraction of sp³-hybridized carbons (Fsp3) is 0.588. The monoisotopic (exact) mass is 436 g/mol. The van der Waals surface area contributed by atoms with Crippen molar-refractivity contribution in [3.8, 4) is 0 Å². The highest BCUT2D eigenvalue weighted by molar-refractivity contribution is 7.86. The van der Waals surface area contributed by atoms with Gasteiger partial charge in [0.05, 0.1) is 22.3 Å². The number of carbonyl (C=O) groups excluding carboxylic acids is 1. The molecule has 0 aromatic heterocycles. The molecule has 0 saturated carbocycles. The van der Waals surface area contributed by atoms with E-state index in [4.69, 9.17) is 23.2 Å². The van der Waals surface area contributed by atoms with E-state index in [0.717, 1.165) is 5.56 Å². The van der Waals surface area contributed by atoms with E-state index in [1.54, 1.807) is 12.1 Å². The Morgan fingerprint density at radius 2 is 1.74 bits per heavy atom. The van der Waals surface area contributed by atoms with E-state index >= 15 is 0 Å². The summed E-state index contributed by atoms with van der Waals surface area (Å²) in [5.41, 5.74) is 1.23. The van der Waals surface area contributed by atoms with Crippen LogP contribution in [0.15, 0.2) is 12.1 Å². The quantitative estimate of drug-likeness (QED) is 0.712. The van der Waals surface area contributed by atoms with Gasteiger partial charge in [-0.2, -0.15) is 17.0 Å². The third-order valence-corrected chi connectivity index (χ3v) is 7.59. The van der Waals surface area contributed by atoms with Crippen molar-refractivity contribution < 1.29 is 13.2 Å². The van der Waals surface area contributed by atoms with Crippen molar-refractivity contribution in [2.24, 2.45) is 0 Å². The maximum atomic E-state index is 12.5. The van der Waals surface area contributed by atoms with Crippen LogP contribution < -0.4 is 5.32 Å². The minimum Gasteiger partial charge on any atom is -0.322 e. The largest absolute Gasteiger partial charge is 0.322 e. The fourth-order valence-corrected chi connectivity index (χ4v) is 5.05. The fourth-order valence-electron chi connectivity index (χ4n) is 2.98. The number of nitrogens with zero attached hydrogens (tertiary/aromatic N) is 3. The molecule has 0 spiro atoms. The number of aryl methyl sites for hydroxylation is 1. The number of piperazine rings is 1. The molecular weight excluding hydrogens is 411 g/mol. The molecule has 1 aromatic rings. The van der Waals surface area contributed by atoms with Gasteiger partial charge in [-0.05, 0) is 18.6 Å². The van der Waals surface area contributed by atoms with Crippen molar-refractivity contribution in [3.63, 3.8) is 0 Å². The summed E-state index contributed by atoms with van der Waals surface area (Å²) in [5.74, 6) is -0.232. The van der Waals surface area contributed by atoms with Gasteiger partial charge in [-0.25, -0.2) is 0 Å². The molecule has 10 heteroatoms. The molecular formula is C17H26Cl2N4O3S. The zero-order valence-corrected chi connectivity index (χ0v) is 18.2. The molecule has 27 heavy (non-hydrogen) atoms. The maximum absolute atomic E-state index is 12.5. The highest BCUT2D eigenvalue weighted by Gasteiger charge is 2.31. The van der Waals surface area contributed by atoms with Crippen LogP contribution in [0.25, 0.3) is 0 Å². The normalized spacial score (nSPS) is 16.7. The summed E-state index contributed by atoms with van der Waals surface area (Å²) in [6.45, 7) is 8.22. The van der Waals surface area contributed by atoms with Gasteiger partial charge in [0.15, 0.2) is 0 Å². The molecule has 0 aliphatic carbocycles. The summed E-state index contributed by atoms with van der Waals surface area (Å²) in [5, 5.41) is 3.57. The lowest BCUT2D eigenvalue weighted by atomic mass is 10.2. The van der Waals surface area contributed by atoms with Crippen molar-refractivity contribution in [3.05, 3.63) is 27.7 Å².